The van der Waals surface area contributed by atoms with Crippen LogP contribution in [0.3, 0.4) is 0 Å². The van der Waals surface area contributed by atoms with Crippen LogP contribution < -0.4 is 10.3 Å². The van der Waals surface area contributed by atoms with Crippen LogP contribution >= 0.6 is 0 Å². The Labute approximate surface area is 156 Å². The van der Waals surface area contributed by atoms with Crippen molar-refractivity contribution in [2.45, 2.75) is 27.3 Å². The molecule has 1 radical (unpaired) electrons. The van der Waals surface area contributed by atoms with Crippen LogP contribution in [0.2, 0.25) is 0 Å². The van der Waals surface area contributed by atoms with E-state index in [2.05, 4.69) is 17.9 Å². The Hall–Kier alpha value is -1.37. The Morgan fingerprint density at radius 1 is 1.27 bits per heavy atom. The molecule has 1 heterocycles. The molecule has 0 saturated heterocycles. The minimum Gasteiger partial charge on any atom is -0.481 e. The van der Waals surface area contributed by atoms with Gasteiger partial charge < -0.3 is 9.30 Å². The summed E-state index contributed by atoms with van der Waals surface area (Å²) in [5.74, 6) is 6.40. The first-order chi connectivity index (χ1) is 10.2. The minimum absolute atomic E-state index is 0. The molecule has 0 spiro atoms. The quantitative estimate of drug-likeness (QED) is 0.613. The number of hydrogen-bond donors (Lipinski definition) is 0. The third-order valence-corrected chi connectivity index (χ3v) is 3.21. The van der Waals surface area contributed by atoms with Gasteiger partial charge in [0.25, 0.3) is 0 Å². The second-order valence-electron chi connectivity index (χ2n) is 4.61. The predicted molar refractivity (Wildman–Crippen MR) is 84.3 cm³/mol. The van der Waals surface area contributed by atoms with Crippen LogP contribution in [0.4, 0.5) is 0 Å². The summed E-state index contributed by atoms with van der Waals surface area (Å²) < 4.78 is 7.21. The van der Waals surface area contributed by atoms with Gasteiger partial charge in [-0.25, -0.2) is 0 Å². The average molecular weight is 369 g/mol. The van der Waals surface area contributed by atoms with E-state index >= 15 is 0 Å². The number of aryl methyl sites for hydroxylation is 1. The van der Waals surface area contributed by atoms with Crippen LogP contribution in [0.25, 0.3) is 11.3 Å². The fourth-order valence-electron chi connectivity index (χ4n) is 2.07. The molecule has 2 rings (SSSR count). The molecule has 0 atom stereocenters. The molecule has 0 aliphatic carbocycles. The molecule has 1 aromatic carbocycles. The maximum absolute atomic E-state index is 12.1. The van der Waals surface area contributed by atoms with Crippen LogP contribution in [-0.2, 0) is 39.3 Å². The van der Waals surface area contributed by atoms with E-state index in [1.807, 2.05) is 31.2 Å². The summed E-state index contributed by atoms with van der Waals surface area (Å²) in [7, 11) is 0. The minimum atomic E-state index is 0. The smallest absolute Gasteiger partial charge is 0.197 e. The van der Waals surface area contributed by atoms with Crippen molar-refractivity contribution in [1.29, 1.82) is 0 Å². The molecule has 0 bridgehead atoms. The van der Waals surface area contributed by atoms with Crippen molar-refractivity contribution in [3.05, 3.63) is 52.3 Å². The molecular formula is C18H18NO2Y-. The summed E-state index contributed by atoms with van der Waals surface area (Å²) in [4.78, 5) is 12.1. The number of aromatic nitrogens is 1. The van der Waals surface area contributed by atoms with E-state index in [1.165, 1.54) is 0 Å². The number of pyridine rings is 1. The first kappa shape index (κ1) is 18.7. The molecule has 1 aromatic heterocycles. The Morgan fingerprint density at radius 2 is 1.95 bits per heavy atom. The van der Waals surface area contributed by atoms with E-state index in [0.717, 1.165) is 17.0 Å². The van der Waals surface area contributed by atoms with Crippen molar-refractivity contribution < 1.29 is 37.4 Å². The maximum Gasteiger partial charge on any atom is 0.197 e. The number of benzene rings is 1. The van der Waals surface area contributed by atoms with Gasteiger partial charge in [-0.2, -0.15) is 12.1 Å². The van der Waals surface area contributed by atoms with Gasteiger partial charge in [-0.05, 0) is 26.0 Å². The third-order valence-electron chi connectivity index (χ3n) is 3.21. The van der Waals surface area contributed by atoms with E-state index in [4.69, 9.17) is 4.74 Å². The molecule has 0 saturated carbocycles. The molecule has 0 fully saturated rings. The molecule has 2 aromatic rings. The summed E-state index contributed by atoms with van der Waals surface area (Å²) in [6.45, 7) is 6.55. The van der Waals surface area contributed by atoms with E-state index in [-0.39, 0.29) is 38.3 Å². The van der Waals surface area contributed by atoms with Crippen molar-refractivity contribution in [2.24, 2.45) is 0 Å². The molecule has 0 aliphatic rings. The molecule has 0 unspecified atom stereocenters. The van der Waals surface area contributed by atoms with Crippen LogP contribution in [0.5, 0.6) is 5.75 Å². The predicted octanol–water partition coefficient (Wildman–Crippen LogP) is 3.04. The maximum atomic E-state index is 12.1. The van der Waals surface area contributed by atoms with Crippen molar-refractivity contribution in [3.63, 3.8) is 0 Å². The normalized spacial score (nSPS) is 9.41. The number of hydrogen-bond acceptors (Lipinski definition) is 2. The molecule has 4 heteroatoms. The van der Waals surface area contributed by atoms with Crippen LogP contribution in [0.1, 0.15) is 19.4 Å². The zero-order valence-electron chi connectivity index (χ0n) is 13.1. The number of nitrogens with zero attached hydrogens (tertiary/aromatic N) is 1. The van der Waals surface area contributed by atoms with E-state index < -0.39 is 0 Å². The second kappa shape index (κ2) is 8.93. The van der Waals surface area contributed by atoms with E-state index in [9.17, 15) is 4.79 Å². The molecule has 0 aliphatic heterocycles. The third kappa shape index (κ3) is 4.32. The van der Waals surface area contributed by atoms with Crippen molar-refractivity contribution in [3.8, 4) is 28.8 Å². The van der Waals surface area contributed by atoms with Gasteiger partial charge >= 0.3 is 0 Å². The summed E-state index contributed by atoms with van der Waals surface area (Å²) >= 11 is 0. The topological polar surface area (TPSA) is 31.2 Å². The fraction of sp³-hybridized carbons (Fsp3) is 0.278. The Morgan fingerprint density at radius 3 is 2.55 bits per heavy atom. The summed E-state index contributed by atoms with van der Waals surface area (Å²) in [6.07, 6.45) is 0. The molecule has 111 valence electrons. The zero-order chi connectivity index (χ0) is 15.2. The van der Waals surface area contributed by atoms with Crippen molar-refractivity contribution in [2.75, 3.05) is 6.61 Å². The Kier molecular flexibility index (Phi) is 7.58. The SMILES string of the molecule is CC#CCOc1ccc(-c2[c-]cc(C)c(=O)n2CC)cc1.[Y]. The van der Waals surface area contributed by atoms with Crippen LogP contribution in [0.15, 0.2) is 35.1 Å². The second-order valence-corrected chi connectivity index (χ2v) is 4.61. The Balaban J connectivity index is 0.00000242. The first-order valence-corrected chi connectivity index (χ1v) is 6.92. The Bertz CT molecular complexity index is 736. The first-order valence-electron chi connectivity index (χ1n) is 6.92. The van der Waals surface area contributed by atoms with Gasteiger partial charge in [-0.15, -0.1) is 18.1 Å². The van der Waals surface area contributed by atoms with E-state index in [0.29, 0.717) is 18.7 Å². The van der Waals surface area contributed by atoms with Gasteiger partial charge in [-0.3, -0.25) is 4.79 Å². The fourth-order valence-corrected chi connectivity index (χ4v) is 2.07. The number of rotatable bonds is 4. The molecular weight excluding hydrogens is 351 g/mol. The van der Waals surface area contributed by atoms with Gasteiger partial charge in [0.2, 0.25) is 0 Å². The zero-order valence-corrected chi connectivity index (χ0v) is 16.0. The van der Waals surface area contributed by atoms with Crippen LogP contribution in [0, 0.1) is 24.8 Å². The summed E-state index contributed by atoms with van der Waals surface area (Å²) in [5.41, 5.74) is 2.49. The molecule has 3 nitrogen and oxygen atoms in total. The van der Waals surface area contributed by atoms with E-state index in [1.54, 1.807) is 24.5 Å². The molecule has 0 amide bonds. The van der Waals surface area contributed by atoms with Gasteiger partial charge in [0.1, 0.15) is 12.4 Å². The van der Waals surface area contributed by atoms with Crippen molar-refractivity contribution in [1.82, 2.24) is 4.57 Å². The van der Waals surface area contributed by atoms with Crippen LogP contribution in [-0.4, -0.2) is 11.2 Å². The average Bonchev–Trinajstić information content (AvgIpc) is 2.51. The van der Waals surface area contributed by atoms with Gasteiger partial charge in [-0.1, -0.05) is 29.7 Å². The largest absolute Gasteiger partial charge is 0.481 e. The molecule has 22 heavy (non-hydrogen) atoms. The van der Waals surface area contributed by atoms with Gasteiger partial charge in [0.15, 0.2) is 5.56 Å². The molecule has 0 N–H and O–H groups in total. The standard InChI is InChI=1S/C18H18NO2.Y/c1-4-6-13-21-16-10-8-15(9-11-16)17-12-7-14(3)18(20)19(17)5-2;/h7-11H,5,13H2,1-3H3;/q-1;. The summed E-state index contributed by atoms with van der Waals surface area (Å²) in [5, 5.41) is 0. The van der Waals surface area contributed by atoms with Crippen molar-refractivity contribution >= 4 is 0 Å². The summed E-state index contributed by atoms with van der Waals surface area (Å²) in [6, 6.07) is 12.5. The van der Waals surface area contributed by atoms with Gasteiger partial charge in [0, 0.05) is 39.3 Å². The monoisotopic (exact) mass is 369 g/mol. The van der Waals surface area contributed by atoms with Gasteiger partial charge in [0.05, 0.1) is 0 Å². The number of ether oxygens (including phenoxy) is 1.